The molecule has 0 rings (SSSR count). The molecule has 5 heteroatoms. The maximum absolute atomic E-state index is 12.2. The number of rotatable bonds is 5. The van der Waals surface area contributed by atoms with Gasteiger partial charge in [0.25, 0.3) is 0 Å². The summed E-state index contributed by atoms with van der Waals surface area (Å²) in [7, 11) is 0. The summed E-state index contributed by atoms with van der Waals surface area (Å²) in [6.07, 6.45) is -3.17. The van der Waals surface area contributed by atoms with E-state index < -0.39 is 29.6 Å². The predicted molar refractivity (Wildman–Crippen MR) is 73.3 cm³/mol. The summed E-state index contributed by atoms with van der Waals surface area (Å²) >= 11 is 0. The van der Waals surface area contributed by atoms with E-state index in [0.29, 0.717) is 6.42 Å². The minimum absolute atomic E-state index is 0.140. The molecule has 0 N–H and O–H groups in total. The van der Waals surface area contributed by atoms with E-state index in [1.807, 2.05) is 41.5 Å². The van der Waals surface area contributed by atoms with Crippen LogP contribution in [0.25, 0.3) is 0 Å². The van der Waals surface area contributed by atoms with Crippen molar-refractivity contribution in [1.29, 1.82) is 0 Å². The SMILES string of the molecule is CCC(C)(C)CC(C)(C(=O)OCC(F)(F)F)C(C)(C)C. The standard InChI is InChI=1S/C15H27F3O2/c1-8-13(5,6)9-14(7,12(2,3)4)11(19)20-10-15(16,17)18/h8-10H2,1-7H3. The second-order valence-corrected chi connectivity index (χ2v) is 7.47. The minimum atomic E-state index is -4.49. The third kappa shape index (κ3) is 5.33. The van der Waals surface area contributed by atoms with Crippen molar-refractivity contribution in [1.82, 2.24) is 0 Å². The lowest BCUT2D eigenvalue weighted by atomic mass is 9.60. The molecule has 0 aliphatic heterocycles. The van der Waals surface area contributed by atoms with Crippen LogP contribution >= 0.6 is 0 Å². The van der Waals surface area contributed by atoms with E-state index in [2.05, 4.69) is 4.74 Å². The van der Waals surface area contributed by atoms with Gasteiger partial charge in [-0.1, -0.05) is 48.0 Å². The van der Waals surface area contributed by atoms with E-state index in [9.17, 15) is 18.0 Å². The topological polar surface area (TPSA) is 26.3 Å². The molecule has 0 aromatic heterocycles. The highest BCUT2D eigenvalue weighted by Crippen LogP contribution is 2.48. The van der Waals surface area contributed by atoms with E-state index in [-0.39, 0.29) is 5.41 Å². The first kappa shape index (κ1) is 19.3. The lowest BCUT2D eigenvalue weighted by Gasteiger charge is -2.44. The molecule has 0 bridgehead atoms. The second kappa shape index (κ2) is 5.94. The lowest BCUT2D eigenvalue weighted by molar-refractivity contribution is -0.199. The molecule has 0 spiro atoms. The Morgan fingerprint density at radius 3 is 1.75 bits per heavy atom. The summed E-state index contributed by atoms with van der Waals surface area (Å²) in [5.74, 6) is -0.774. The number of halogens is 3. The van der Waals surface area contributed by atoms with Crippen molar-refractivity contribution in [2.45, 2.75) is 67.5 Å². The molecule has 120 valence electrons. The van der Waals surface area contributed by atoms with Gasteiger partial charge in [0.2, 0.25) is 0 Å². The summed E-state index contributed by atoms with van der Waals surface area (Å²) < 4.78 is 41.2. The van der Waals surface area contributed by atoms with Gasteiger partial charge in [-0.05, 0) is 24.2 Å². The van der Waals surface area contributed by atoms with Crippen LogP contribution in [-0.4, -0.2) is 18.8 Å². The van der Waals surface area contributed by atoms with E-state index >= 15 is 0 Å². The highest BCUT2D eigenvalue weighted by molar-refractivity contribution is 5.77. The monoisotopic (exact) mass is 296 g/mol. The van der Waals surface area contributed by atoms with Crippen LogP contribution in [0.5, 0.6) is 0 Å². The van der Waals surface area contributed by atoms with Crippen LogP contribution in [0, 0.1) is 16.2 Å². The molecule has 1 atom stereocenters. The summed E-state index contributed by atoms with van der Waals surface area (Å²) in [5.41, 5.74) is -1.58. The fourth-order valence-corrected chi connectivity index (χ4v) is 2.03. The Kier molecular flexibility index (Phi) is 5.72. The van der Waals surface area contributed by atoms with Crippen molar-refractivity contribution in [2.75, 3.05) is 6.61 Å². The molecule has 0 aromatic rings. The summed E-state index contributed by atoms with van der Waals surface area (Å²) in [4.78, 5) is 12.2. The highest BCUT2D eigenvalue weighted by Gasteiger charge is 2.49. The fraction of sp³-hybridized carbons (Fsp3) is 0.933. The van der Waals surface area contributed by atoms with Crippen molar-refractivity contribution < 1.29 is 22.7 Å². The summed E-state index contributed by atoms with van der Waals surface area (Å²) in [6, 6.07) is 0. The lowest BCUT2D eigenvalue weighted by Crippen LogP contribution is -2.45. The maximum atomic E-state index is 12.2. The highest BCUT2D eigenvalue weighted by atomic mass is 19.4. The Hall–Kier alpha value is -0.740. The molecule has 0 saturated carbocycles. The van der Waals surface area contributed by atoms with Crippen LogP contribution in [0.2, 0.25) is 0 Å². The first-order valence-corrected chi connectivity index (χ1v) is 6.89. The van der Waals surface area contributed by atoms with Gasteiger partial charge in [0.05, 0.1) is 5.41 Å². The quantitative estimate of drug-likeness (QED) is 0.669. The fourth-order valence-electron chi connectivity index (χ4n) is 2.03. The summed E-state index contributed by atoms with van der Waals surface area (Å²) in [5, 5.41) is 0. The molecule has 0 radical (unpaired) electrons. The van der Waals surface area contributed by atoms with E-state index in [4.69, 9.17) is 0 Å². The molecule has 1 unspecified atom stereocenters. The zero-order valence-electron chi connectivity index (χ0n) is 13.6. The van der Waals surface area contributed by atoms with Gasteiger partial charge in [-0.25, -0.2) is 0 Å². The molecule has 20 heavy (non-hydrogen) atoms. The average Bonchev–Trinajstić information content (AvgIpc) is 2.22. The third-order valence-corrected chi connectivity index (χ3v) is 4.26. The molecular weight excluding hydrogens is 269 g/mol. The number of hydrogen-bond donors (Lipinski definition) is 0. The zero-order chi connectivity index (χ0) is 16.4. The summed E-state index contributed by atoms with van der Waals surface area (Å²) in [6.45, 7) is 11.8. The number of hydrogen-bond acceptors (Lipinski definition) is 2. The number of esters is 1. The first-order chi connectivity index (χ1) is 8.65. The van der Waals surface area contributed by atoms with Crippen LogP contribution < -0.4 is 0 Å². The molecule has 0 aliphatic rings. The number of alkyl halides is 3. The van der Waals surface area contributed by atoms with Crippen LogP contribution in [-0.2, 0) is 9.53 Å². The van der Waals surface area contributed by atoms with Gasteiger partial charge < -0.3 is 4.74 Å². The van der Waals surface area contributed by atoms with Gasteiger partial charge in [0.1, 0.15) is 0 Å². The van der Waals surface area contributed by atoms with E-state index in [1.165, 1.54) is 0 Å². The third-order valence-electron chi connectivity index (χ3n) is 4.26. The van der Waals surface area contributed by atoms with Gasteiger partial charge in [-0.3, -0.25) is 4.79 Å². The zero-order valence-corrected chi connectivity index (χ0v) is 13.6. The molecule has 0 heterocycles. The average molecular weight is 296 g/mol. The molecular formula is C15H27F3O2. The predicted octanol–water partition coefficient (Wildman–Crippen LogP) is 4.97. The minimum Gasteiger partial charge on any atom is -0.456 e. The smallest absolute Gasteiger partial charge is 0.422 e. The number of carbonyl (C=O) groups excluding carboxylic acids is 1. The van der Waals surface area contributed by atoms with Gasteiger partial charge in [-0.2, -0.15) is 13.2 Å². The maximum Gasteiger partial charge on any atom is 0.422 e. The molecule has 0 aliphatic carbocycles. The van der Waals surface area contributed by atoms with Crippen LogP contribution in [0.1, 0.15) is 61.3 Å². The largest absolute Gasteiger partial charge is 0.456 e. The molecule has 0 aromatic carbocycles. The second-order valence-electron chi connectivity index (χ2n) is 7.47. The van der Waals surface area contributed by atoms with Crippen LogP contribution in [0.4, 0.5) is 13.2 Å². The van der Waals surface area contributed by atoms with Gasteiger partial charge in [0.15, 0.2) is 6.61 Å². The number of ether oxygens (including phenoxy) is 1. The van der Waals surface area contributed by atoms with Gasteiger partial charge >= 0.3 is 12.1 Å². The Labute approximate surface area is 120 Å². The van der Waals surface area contributed by atoms with Gasteiger partial charge in [-0.15, -0.1) is 0 Å². The van der Waals surface area contributed by atoms with Crippen molar-refractivity contribution >= 4 is 5.97 Å². The normalized spacial score (nSPS) is 16.7. The molecule has 2 nitrogen and oxygen atoms in total. The van der Waals surface area contributed by atoms with Gasteiger partial charge in [0, 0.05) is 0 Å². The number of carbonyl (C=O) groups is 1. The van der Waals surface area contributed by atoms with Crippen molar-refractivity contribution in [3.05, 3.63) is 0 Å². The van der Waals surface area contributed by atoms with Crippen molar-refractivity contribution in [2.24, 2.45) is 16.2 Å². The van der Waals surface area contributed by atoms with Crippen LogP contribution in [0.3, 0.4) is 0 Å². The Balaban J connectivity index is 5.21. The Morgan fingerprint density at radius 2 is 1.45 bits per heavy atom. The molecule has 0 amide bonds. The Morgan fingerprint density at radius 1 is 1.00 bits per heavy atom. The van der Waals surface area contributed by atoms with E-state index in [1.54, 1.807) is 6.92 Å². The van der Waals surface area contributed by atoms with E-state index in [0.717, 1.165) is 6.42 Å². The van der Waals surface area contributed by atoms with Crippen LogP contribution in [0.15, 0.2) is 0 Å². The van der Waals surface area contributed by atoms with Crippen molar-refractivity contribution in [3.63, 3.8) is 0 Å². The first-order valence-electron chi connectivity index (χ1n) is 6.89. The molecule has 0 saturated heterocycles. The Bertz CT molecular complexity index is 340. The molecule has 0 fully saturated rings. The van der Waals surface area contributed by atoms with Crippen molar-refractivity contribution in [3.8, 4) is 0 Å².